The summed E-state index contributed by atoms with van der Waals surface area (Å²) >= 11 is 3.43. The van der Waals surface area contributed by atoms with Gasteiger partial charge < -0.3 is 9.84 Å². The van der Waals surface area contributed by atoms with Crippen molar-refractivity contribution in [3.05, 3.63) is 64.5 Å². The zero-order valence-corrected chi connectivity index (χ0v) is 17.9. The number of piperidine rings is 1. The number of hydrogen-bond donors (Lipinski definition) is 1. The molecule has 29 heavy (non-hydrogen) atoms. The second kappa shape index (κ2) is 8.88. The third-order valence-electron chi connectivity index (χ3n) is 5.07. The number of hydrogen-bond acceptors (Lipinski definition) is 5. The lowest BCUT2D eigenvalue weighted by atomic mass is 9.97. The Hall–Kier alpha value is -2.51. The lowest BCUT2D eigenvalue weighted by Crippen LogP contribution is -2.40. The van der Waals surface area contributed by atoms with E-state index >= 15 is 0 Å². The molecule has 1 atom stereocenters. The van der Waals surface area contributed by atoms with E-state index in [1.807, 2.05) is 55.5 Å². The molecule has 1 aliphatic heterocycles. The lowest BCUT2D eigenvalue weighted by Gasteiger charge is -2.30. The normalized spacial score (nSPS) is 17.2. The lowest BCUT2D eigenvalue weighted by molar-refractivity contribution is -0.121. The quantitative estimate of drug-likeness (QED) is 0.606. The SMILES string of the molecule is Cc1cccc(-c2noc(CN3CCCC(C(=O)Nc4cccc(Br)c4)C3)n2)c1. The van der Waals surface area contributed by atoms with Gasteiger partial charge in [0, 0.05) is 22.3 Å². The Morgan fingerprint density at radius 1 is 1.28 bits per heavy atom. The number of rotatable bonds is 5. The number of nitrogens with one attached hydrogen (secondary N) is 1. The number of amides is 1. The molecule has 1 fully saturated rings. The fraction of sp³-hybridized carbons (Fsp3) is 0.318. The summed E-state index contributed by atoms with van der Waals surface area (Å²) in [6.45, 7) is 4.20. The van der Waals surface area contributed by atoms with Crippen molar-refractivity contribution >= 4 is 27.5 Å². The molecule has 6 nitrogen and oxygen atoms in total. The van der Waals surface area contributed by atoms with Gasteiger partial charge in [0.25, 0.3) is 0 Å². The van der Waals surface area contributed by atoms with Crippen LogP contribution in [0.1, 0.15) is 24.3 Å². The average molecular weight is 455 g/mol. The average Bonchev–Trinajstić information content (AvgIpc) is 3.17. The third kappa shape index (κ3) is 5.10. The highest BCUT2D eigenvalue weighted by molar-refractivity contribution is 9.10. The van der Waals surface area contributed by atoms with Crippen LogP contribution >= 0.6 is 15.9 Å². The van der Waals surface area contributed by atoms with Gasteiger partial charge in [-0.3, -0.25) is 9.69 Å². The number of halogens is 1. The summed E-state index contributed by atoms with van der Waals surface area (Å²) < 4.78 is 6.40. The van der Waals surface area contributed by atoms with Crippen molar-refractivity contribution in [2.45, 2.75) is 26.3 Å². The summed E-state index contributed by atoms with van der Waals surface area (Å²) in [5.41, 5.74) is 2.91. The molecule has 0 spiro atoms. The van der Waals surface area contributed by atoms with E-state index in [2.05, 4.69) is 36.3 Å². The first kappa shape index (κ1) is 19.8. The summed E-state index contributed by atoms with van der Waals surface area (Å²) in [5.74, 6) is 1.18. The highest BCUT2D eigenvalue weighted by Crippen LogP contribution is 2.23. The van der Waals surface area contributed by atoms with Crippen molar-refractivity contribution < 1.29 is 9.32 Å². The summed E-state index contributed by atoms with van der Waals surface area (Å²) in [6.07, 6.45) is 1.85. The number of anilines is 1. The molecule has 7 heteroatoms. The second-order valence-electron chi connectivity index (χ2n) is 7.46. The molecule has 4 rings (SSSR count). The highest BCUT2D eigenvalue weighted by atomic mass is 79.9. The van der Waals surface area contributed by atoms with Crippen LogP contribution in [-0.2, 0) is 11.3 Å². The molecule has 1 amide bonds. The maximum Gasteiger partial charge on any atom is 0.241 e. The minimum atomic E-state index is -0.0538. The molecule has 2 aromatic carbocycles. The van der Waals surface area contributed by atoms with E-state index in [1.54, 1.807) is 0 Å². The molecule has 150 valence electrons. The Balaban J connectivity index is 1.37. The minimum Gasteiger partial charge on any atom is -0.338 e. The molecule has 2 heterocycles. The number of likely N-dealkylation sites (tertiary alicyclic amines) is 1. The number of benzene rings is 2. The predicted octanol–water partition coefficient (Wildman–Crippen LogP) is 4.66. The van der Waals surface area contributed by atoms with Crippen molar-refractivity contribution in [2.75, 3.05) is 18.4 Å². The summed E-state index contributed by atoms with van der Waals surface area (Å²) in [6, 6.07) is 15.7. The fourth-order valence-electron chi connectivity index (χ4n) is 3.64. The van der Waals surface area contributed by atoms with E-state index in [1.165, 1.54) is 0 Å². The minimum absolute atomic E-state index is 0.0538. The molecule has 3 aromatic rings. The zero-order chi connectivity index (χ0) is 20.2. The molecule has 1 aromatic heterocycles. The van der Waals surface area contributed by atoms with Gasteiger partial charge in [-0.15, -0.1) is 0 Å². The summed E-state index contributed by atoms with van der Waals surface area (Å²) in [5, 5.41) is 7.14. The third-order valence-corrected chi connectivity index (χ3v) is 5.56. The Kier molecular flexibility index (Phi) is 6.06. The number of carbonyl (C=O) groups is 1. The van der Waals surface area contributed by atoms with Crippen molar-refractivity contribution in [3.63, 3.8) is 0 Å². The fourth-order valence-corrected chi connectivity index (χ4v) is 4.03. The van der Waals surface area contributed by atoms with Crippen LogP contribution in [0.15, 0.2) is 57.5 Å². The van der Waals surface area contributed by atoms with Crippen LogP contribution in [0.5, 0.6) is 0 Å². The first-order chi connectivity index (χ1) is 14.1. The van der Waals surface area contributed by atoms with Crippen molar-refractivity contribution in [1.29, 1.82) is 0 Å². The molecular weight excluding hydrogens is 432 g/mol. The predicted molar refractivity (Wildman–Crippen MR) is 115 cm³/mol. The van der Waals surface area contributed by atoms with Crippen LogP contribution in [-0.4, -0.2) is 34.0 Å². The molecule has 1 N–H and O–H groups in total. The van der Waals surface area contributed by atoms with Crippen molar-refractivity contribution in [3.8, 4) is 11.4 Å². The molecule has 0 bridgehead atoms. The van der Waals surface area contributed by atoms with Gasteiger partial charge in [-0.05, 0) is 50.6 Å². The molecule has 0 aliphatic carbocycles. The van der Waals surface area contributed by atoms with E-state index in [-0.39, 0.29) is 11.8 Å². The summed E-state index contributed by atoms with van der Waals surface area (Å²) in [7, 11) is 0. The van der Waals surface area contributed by atoms with Gasteiger partial charge >= 0.3 is 0 Å². The Morgan fingerprint density at radius 3 is 2.97 bits per heavy atom. The van der Waals surface area contributed by atoms with Gasteiger partial charge in [-0.25, -0.2) is 0 Å². The zero-order valence-electron chi connectivity index (χ0n) is 16.3. The molecule has 1 aliphatic rings. The summed E-state index contributed by atoms with van der Waals surface area (Å²) in [4.78, 5) is 19.4. The monoisotopic (exact) mass is 454 g/mol. The molecule has 1 unspecified atom stereocenters. The number of aromatic nitrogens is 2. The van der Waals surface area contributed by atoms with Gasteiger partial charge in [0.1, 0.15) is 0 Å². The highest BCUT2D eigenvalue weighted by Gasteiger charge is 2.27. The van der Waals surface area contributed by atoms with Crippen LogP contribution in [0.4, 0.5) is 5.69 Å². The Bertz CT molecular complexity index is 1000. The molecular formula is C22H23BrN4O2. The van der Waals surface area contributed by atoms with E-state index in [0.29, 0.717) is 24.8 Å². The van der Waals surface area contributed by atoms with Crippen LogP contribution < -0.4 is 5.32 Å². The first-order valence-corrected chi connectivity index (χ1v) is 10.5. The van der Waals surface area contributed by atoms with Gasteiger partial charge in [0.2, 0.25) is 17.6 Å². The van der Waals surface area contributed by atoms with Gasteiger partial charge in [-0.1, -0.05) is 50.9 Å². The molecule has 1 saturated heterocycles. The second-order valence-corrected chi connectivity index (χ2v) is 8.37. The van der Waals surface area contributed by atoms with E-state index in [0.717, 1.165) is 40.7 Å². The van der Waals surface area contributed by atoms with Crippen LogP contribution in [0.2, 0.25) is 0 Å². The Morgan fingerprint density at radius 2 is 2.14 bits per heavy atom. The van der Waals surface area contributed by atoms with E-state index < -0.39 is 0 Å². The number of aryl methyl sites for hydroxylation is 1. The smallest absolute Gasteiger partial charge is 0.241 e. The Labute approximate surface area is 178 Å². The van der Waals surface area contributed by atoms with E-state index in [4.69, 9.17) is 4.52 Å². The molecule has 0 saturated carbocycles. The largest absolute Gasteiger partial charge is 0.338 e. The van der Waals surface area contributed by atoms with Gasteiger partial charge in [0.15, 0.2) is 0 Å². The van der Waals surface area contributed by atoms with Gasteiger partial charge in [0.05, 0.1) is 12.5 Å². The van der Waals surface area contributed by atoms with Gasteiger partial charge in [-0.2, -0.15) is 4.98 Å². The van der Waals surface area contributed by atoms with E-state index in [9.17, 15) is 4.79 Å². The van der Waals surface area contributed by atoms with Crippen LogP contribution in [0.3, 0.4) is 0 Å². The topological polar surface area (TPSA) is 71.3 Å². The number of nitrogens with zero attached hydrogens (tertiary/aromatic N) is 3. The van der Waals surface area contributed by atoms with Crippen LogP contribution in [0, 0.1) is 12.8 Å². The van der Waals surface area contributed by atoms with Crippen LogP contribution in [0.25, 0.3) is 11.4 Å². The maximum atomic E-state index is 12.7. The number of carbonyl (C=O) groups excluding carboxylic acids is 1. The standard InChI is InChI=1S/C22H23BrN4O2/c1-15-5-2-6-16(11-15)21-25-20(29-26-21)14-27-10-4-7-17(13-27)22(28)24-19-9-3-8-18(23)12-19/h2-3,5-6,8-9,11-12,17H,4,7,10,13-14H2,1H3,(H,24,28). The maximum absolute atomic E-state index is 12.7. The first-order valence-electron chi connectivity index (χ1n) is 9.75. The molecule has 0 radical (unpaired) electrons. The van der Waals surface area contributed by atoms with Crippen molar-refractivity contribution in [1.82, 2.24) is 15.0 Å². The van der Waals surface area contributed by atoms with Crippen molar-refractivity contribution in [2.24, 2.45) is 5.92 Å².